The van der Waals surface area contributed by atoms with E-state index in [9.17, 15) is 9.59 Å². The van der Waals surface area contributed by atoms with E-state index in [0.29, 0.717) is 12.2 Å². The molecule has 0 spiro atoms. The molecule has 1 heterocycles. The lowest BCUT2D eigenvalue weighted by Crippen LogP contribution is -2.25. The SMILES string of the molecule is CCC(CC(=O)O)Nc1ccc(C(=O)N(C)C)nn1. The summed E-state index contributed by atoms with van der Waals surface area (Å²) in [4.78, 5) is 23.7. The number of carbonyl (C=O) groups excluding carboxylic acids is 1. The van der Waals surface area contributed by atoms with Crippen molar-refractivity contribution >= 4 is 17.7 Å². The van der Waals surface area contributed by atoms with Crippen molar-refractivity contribution in [2.45, 2.75) is 25.8 Å². The van der Waals surface area contributed by atoms with Gasteiger partial charge in [-0.25, -0.2) is 0 Å². The second-order valence-electron chi connectivity index (χ2n) is 4.35. The highest BCUT2D eigenvalue weighted by molar-refractivity contribution is 5.91. The largest absolute Gasteiger partial charge is 0.481 e. The molecule has 0 saturated carbocycles. The predicted octanol–water partition coefficient (Wildman–Crippen LogP) is 0.844. The van der Waals surface area contributed by atoms with E-state index in [4.69, 9.17) is 5.11 Å². The fourth-order valence-electron chi connectivity index (χ4n) is 1.47. The molecule has 2 N–H and O–H groups in total. The van der Waals surface area contributed by atoms with Gasteiger partial charge in [-0.3, -0.25) is 9.59 Å². The van der Waals surface area contributed by atoms with Crippen LogP contribution in [0.3, 0.4) is 0 Å². The lowest BCUT2D eigenvalue weighted by Gasteiger charge is -2.15. The van der Waals surface area contributed by atoms with E-state index >= 15 is 0 Å². The molecule has 19 heavy (non-hydrogen) atoms. The number of carboxylic acid groups (broad SMARTS) is 1. The Kier molecular flexibility index (Phi) is 5.23. The molecular weight excluding hydrogens is 248 g/mol. The molecule has 7 heteroatoms. The third-order valence-corrected chi connectivity index (χ3v) is 2.56. The van der Waals surface area contributed by atoms with Gasteiger partial charge in [-0.15, -0.1) is 10.2 Å². The Morgan fingerprint density at radius 2 is 2.05 bits per heavy atom. The zero-order valence-electron chi connectivity index (χ0n) is 11.3. The van der Waals surface area contributed by atoms with E-state index in [2.05, 4.69) is 15.5 Å². The Morgan fingerprint density at radius 1 is 1.37 bits per heavy atom. The normalized spacial score (nSPS) is 11.7. The Labute approximate surface area is 111 Å². The Balaban J connectivity index is 2.70. The molecule has 7 nitrogen and oxygen atoms in total. The zero-order chi connectivity index (χ0) is 14.4. The molecular formula is C12H18N4O3. The minimum Gasteiger partial charge on any atom is -0.481 e. The maximum atomic E-state index is 11.6. The highest BCUT2D eigenvalue weighted by Gasteiger charge is 2.13. The molecule has 0 aromatic carbocycles. The van der Waals surface area contributed by atoms with Gasteiger partial charge in [0.2, 0.25) is 0 Å². The van der Waals surface area contributed by atoms with Gasteiger partial charge in [-0.1, -0.05) is 6.92 Å². The van der Waals surface area contributed by atoms with Crippen molar-refractivity contribution in [3.05, 3.63) is 17.8 Å². The average Bonchev–Trinajstić information content (AvgIpc) is 2.37. The first kappa shape index (κ1) is 14.9. The quantitative estimate of drug-likeness (QED) is 0.792. The van der Waals surface area contributed by atoms with Crippen LogP contribution in [0, 0.1) is 0 Å². The minimum absolute atomic E-state index is 0.0105. The Hall–Kier alpha value is -2.18. The van der Waals surface area contributed by atoms with Crippen LogP contribution < -0.4 is 5.32 Å². The number of aliphatic carboxylic acids is 1. The van der Waals surface area contributed by atoms with Crippen molar-refractivity contribution in [2.75, 3.05) is 19.4 Å². The first-order chi connectivity index (χ1) is 8.93. The van der Waals surface area contributed by atoms with E-state index in [-0.39, 0.29) is 24.1 Å². The number of carboxylic acids is 1. The highest BCUT2D eigenvalue weighted by atomic mass is 16.4. The summed E-state index contributed by atoms with van der Waals surface area (Å²) in [6.45, 7) is 1.89. The fourth-order valence-corrected chi connectivity index (χ4v) is 1.47. The first-order valence-corrected chi connectivity index (χ1v) is 5.97. The maximum Gasteiger partial charge on any atom is 0.305 e. The molecule has 0 aliphatic heterocycles. The van der Waals surface area contributed by atoms with E-state index < -0.39 is 5.97 Å². The molecule has 0 bridgehead atoms. The second-order valence-corrected chi connectivity index (χ2v) is 4.35. The number of nitrogens with one attached hydrogen (secondary N) is 1. The van der Waals surface area contributed by atoms with Crippen LogP contribution in [-0.2, 0) is 4.79 Å². The first-order valence-electron chi connectivity index (χ1n) is 5.97. The van der Waals surface area contributed by atoms with Crippen LogP contribution in [0.2, 0.25) is 0 Å². The summed E-state index contributed by atoms with van der Waals surface area (Å²) in [5.74, 6) is -0.633. The maximum absolute atomic E-state index is 11.6. The molecule has 1 atom stereocenters. The molecule has 1 rings (SSSR count). The molecule has 0 fully saturated rings. The topological polar surface area (TPSA) is 95.4 Å². The van der Waals surface area contributed by atoms with Crippen molar-refractivity contribution in [2.24, 2.45) is 0 Å². The number of hydrogen-bond donors (Lipinski definition) is 2. The van der Waals surface area contributed by atoms with Gasteiger partial charge in [-0.05, 0) is 18.6 Å². The molecule has 0 aliphatic carbocycles. The smallest absolute Gasteiger partial charge is 0.305 e. The molecule has 1 aromatic heterocycles. The van der Waals surface area contributed by atoms with Crippen LogP contribution >= 0.6 is 0 Å². The third kappa shape index (κ3) is 4.53. The van der Waals surface area contributed by atoms with Gasteiger partial charge >= 0.3 is 5.97 Å². The van der Waals surface area contributed by atoms with E-state index in [1.807, 2.05) is 6.92 Å². The average molecular weight is 266 g/mol. The molecule has 0 aliphatic rings. The molecule has 0 radical (unpaired) electrons. The lowest BCUT2D eigenvalue weighted by atomic mass is 10.1. The highest BCUT2D eigenvalue weighted by Crippen LogP contribution is 2.09. The predicted molar refractivity (Wildman–Crippen MR) is 70.0 cm³/mol. The summed E-state index contributed by atoms with van der Waals surface area (Å²) in [6.07, 6.45) is 0.670. The summed E-state index contributed by atoms with van der Waals surface area (Å²) in [5, 5.41) is 19.4. The van der Waals surface area contributed by atoms with Crippen molar-refractivity contribution in [3.8, 4) is 0 Å². The number of nitrogens with zero attached hydrogens (tertiary/aromatic N) is 3. The number of anilines is 1. The standard InChI is InChI=1S/C12H18N4O3/c1-4-8(7-11(17)18)13-10-6-5-9(14-15-10)12(19)16(2)3/h5-6,8H,4,7H2,1-3H3,(H,13,15)(H,17,18). The molecule has 1 unspecified atom stereocenters. The van der Waals surface area contributed by atoms with Gasteiger partial charge in [0, 0.05) is 20.1 Å². The van der Waals surface area contributed by atoms with E-state index in [1.54, 1.807) is 26.2 Å². The molecule has 1 amide bonds. The Morgan fingerprint density at radius 3 is 2.47 bits per heavy atom. The molecule has 0 saturated heterocycles. The third-order valence-electron chi connectivity index (χ3n) is 2.56. The van der Waals surface area contributed by atoms with Crippen molar-refractivity contribution < 1.29 is 14.7 Å². The van der Waals surface area contributed by atoms with Gasteiger partial charge in [-0.2, -0.15) is 0 Å². The van der Waals surface area contributed by atoms with E-state index in [1.165, 1.54) is 4.90 Å². The molecule has 1 aromatic rings. The number of amides is 1. The monoisotopic (exact) mass is 266 g/mol. The van der Waals surface area contributed by atoms with E-state index in [0.717, 1.165) is 0 Å². The van der Waals surface area contributed by atoms with Crippen molar-refractivity contribution in [1.29, 1.82) is 0 Å². The van der Waals surface area contributed by atoms with Gasteiger partial charge in [0.15, 0.2) is 5.69 Å². The van der Waals surface area contributed by atoms with Gasteiger partial charge in [0.25, 0.3) is 5.91 Å². The number of carbonyl (C=O) groups is 2. The minimum atomic E-state index is -0.869. The van der Waals surface area contributed by atoms with Gasteiger partial charge in [0.1, 0.15) is 5.82 Å². The number of rotatable bonds is 6. The molecule has 104 valence electrons. The zero-order valence-corrected chi connectivity index (χ0v) is 11.3. The Bertz CT molecular complexity index is 445. The van der Waals surface area contributed by atoms with Crippen molar-refractivity contribution in [3.63, 3.8) is 0 Å². The van der Waals surface area contributed by atoms with Crippen LogP contribution in [0.15, 0.2) is 12.1 Å². The lowest BCUT2D eigenvalue weighted by molar-refractivity contribution is -0.137. The fraction of sp³-hybridized carbons (Fsp3) is 0.500. The van der Waals surface area contributed by atoms with Gasteiger partial charge < -0.3 is 15.3 Å². The van der Waals surface area contributed by atoms with Gasteiger partial charge in [0.05, 0.1) is 6.42 Å². The van der Waals surface area contributed by atoms with Crippen LogP contribution in [0.5, 0.6) is 0 Å². The number of hydrogen-bond acceptors (Lipinski definition) is 5. The second kappa shape index (κ2) is 6.67. The van der Waals surface area contributed by atoms with Crippen LogP contribution in [0.25, 0.3) is 0 Å². The van der Waals surface area contributed by atoms with Crippen LogP contribution in [0.1, 0.15) is 30.3 Å². The van der Waals surface area contributed by atoms with Crippen molar-refractivity contribution in [1.82, 2.24) is 15.1 Å². The summed E-state index contributed by atoms with van der Waals surface area (Å²) in [7, 11) is 3.27. The van der Waals surface area contributed by atoms with Crippen LogP contribution in [-0.4, -0.2) is 52.2 Å². The summed E-state index contributed by atoms with van der Waals surface area (Å²) < 4.78 is 0. The summed E-state index contributed by atoms with van der Waals surface area (Å²) in [5.41, 5.74) is 0.252. The van der Waals surface area contributed by atoms with Crippen LogP contribution in [0.4, 0.5) is 5.82 Å². The number of aromatic nitrogens is 2. The summed E-state index contributed by atoms with van der Waals surface area (Å²) in [6, 6.07) is 2.97. The summed E-state index contributed by atoms with van der Waals surface area (Å²) >= 11 is 0.